The Hall–Kier alpha value is -1.56. The lowest BCUT2D eigenvalue weighted by atomic mass is 9.91. The summed E-state index contributed by atoms with van der Waals surface area (Å²) in [5, 5.41) is 9.19. The lowest BCUT2D eigenvalue weighted by Gasteiger charge is -2.16. The van der Waals surface area contributed by atoms with Crippen molar-refractivity contribution in [1.29, 1.82) is 0 Å². The average Bonchev–Trinajstić information content (AvgIpc) is 2.70. The van der Waals surface area contributed by atoms with Gasteiger partial charge in [-0.3, -0.25) is 4.79 Å². The van der Waals surface area contributed by atoms with Gasteiger partial charge in [0.2, 0.25) is 0 Å². The van der Waals surface area contributed by atoms with Crippen LogP contribution in [0, 0.1) is 0 Å². The summed E-state index contributed by atoms with van der Waals surface area (Å²) in [5.74, 6) is -1.06. The lowest BCUT2D eigenvalue weighted by Crippen LogP contribution is -2.27. The summed E-state index contributed by atoms with van der Waals surface area (Å²) in [6.45, 7) is 2.96. The Morgan fingerprint density at radius 1 is 1.26 bits per heavy atom. The predicted octanol–water partition coefficient (Wildman–Crippen LogP) is 4.28. The Balaban J connectivity index is 2.68. The van der Waals surface area contributed by atoms with E-state index in [1.807, 2.05) is 0 Å². The Kier molecular flexibility index (Phi) is 3.09. The zero-order valence-electron chi connectivity index (χ0n) is 10.2. The van der Waals surface area contributed by atoms with Gasteiger partial charge >= 0.3 is 12.1 Å². The van der Waals surface area contributed by atoms with E-state index in [4.69, 9.17) is 5.11 Å². The molecule has 0 saturated carbocycles. The zero-order chi connectivity index (χ0) is 14.4. The third-order valence-corrected chi connectivity index (χ3v) is 4.44. The van der Waals surface area contributed by atoms with Gasteiger partial charge in [-0.1, -0.05) is 6.07 Å². The summed E-state index contributed by atoms with van der Waals surface area (Å²) in [6, 6.07) is 5.24. The molecule has 0 fully saturated rings. The molecule has 0 saturated heterocycles. The number of carboxylic acids is 1. The van der Waals surface area contributed by atoms with Gasteiger partial charge in [0.05, 0.1) is 11.0 Å². The first-order valence-corrected chi connectivity index (χ1v) is 6.29. The topological polar surface area (TPSA) is 37.3 Å². The van der Waals surface area contributed by atoms with Crippen LogP contribution in [-0.4, -0.2) is 11.1 Å². The molecule has 102 valence electrons. The second-order valence-electron chi connectivity index (χ2n) is 4.76. The minimum atomic E-state index is -4.44. The number of fused-ring (bicyclic) bond motifs is 1. The maximum absolute atomic E-state index is 12.9. The maximum Gasteiger partial charge on any atom is 0.417 e. The summed E-state index contributed by atoms with van der Waals surface area (Å²) in [6.07, 6.45) is -4.44. The minimum Gasteiger partial charge on any atom is -0.481 e. The van der Waals surface area contributed by atoms with Crippen LogP contribution in [0.3, 0.4) is 0 Å². The van der Waals surface area contributed by atoms with Gasteiger partial charge < -0.3 is 5.11 Å². The van der Waals surface area contributed by atoms with Crippen molar-refractivity contribution >= 4 is 27.4 Å². The number of benzene rings is 1. The molecule has 0 radical (unpaired) electrons. The molecule has 0 bridgehead atoms. The van der Waals surface area contributed by atoms with E-state index in [2.05, 4.69) is 0 Å². The number of halogens is 3. The fraction of sp³-hybridized carbons (Fsp3) is 0.308. The van der Waals surface area contributed by atoms with Gasteiger partial charge in [-0.2, -0.15) is 13.2 Å². The molecule has 19 heavy (non-hydrogen) atoms. The Morgan fingerprint density at radius 2 is 1.89 bits per heavy atom. The van der Waals surface area contributed by atoms with Crippen molar-refractivity contribution in [2.24, 2.45) is 0 Å². The molecular formula is C13H11F3O2S. The molecular weight excluding hydrogens is 277 g/mol. The molecule has 2 rings (SSSR count). The molecule has 1 N–H and O–H groups in total. The first-order valence-electron chi connectivity index (χ1n) is 5.47. The van der Waals surface area contributed by atoms with Crippen LogP contribution >= 0.6 is 11.3 Å². The normalized spacial score (nSPS) is 12.9. The smallest absolute Gasteiger partial charge is 0.417 e. The third kappa shape index (κ3) is 2.32. The molecule has 6 heteroatoms. The summed E-state index contributed by atoms with van der Waals surface area (Å²) >= 11 is 1.08. The quantitative estimate of drug-likeness (QED) is 0.895. The molecule has 0 aliphatic carbocycles. The fourth-order valence-electron chi connectivity index (χ4n) is 1.72. The van der Waals surface area contributed by atoms with Crippen molar-refractivity contribution in [3.8, 4) is 0 Å². The lowest BCUT2D eigenvalue weighted by molar-refractivity contribution is -0.142. The van der Waals surface area contributed by atoms with Gasteiger partial charge in [-0.15, -0.1) is 11.3 Å². The number of hydrogen-bond donors (Lipinski definition) is 1. The fourth-order valence-corrected chi connectivity index (χ4v) is 2.90. The highest BCUT2D eigenvalue weighted by molar-refractivity contribution is 7.19. The van der Waals surface area contributed by atoms with Crippen molar-refractivity contribution in [2.75, 3.05) is 0 Å². The van der Waals surface area contributed by atoms with Gasteiger partial charge in [0, 0.05) is 15.0 Å². The first-order chi connectivity index (χ1) is 8.64. The van der Waals surface area contributed by atoms with E-state index in [1.165, 1.54) is 26.0 Å². The molecule has 0 aliphatic heterocycles. The van der Waals surface area contributed by atoms with Crippen LogP contribution < -0.4 is 0 Å². The molecule has 0 unspecified atom stereocenters. The Morgan fingerprint density at radius 3 is 2.42 bits per heavy atom. The van der Waals surface area contributed by atoms with Crippen LogP contribution in [0.15, 0.2) is 24.3 Å². The van der Waals surface area contributed by atoms with Crippen molar-refractivity contribution < 1.29 is 23.1 Å². The molecule has 0 aliphatic rings. The van der Waals surface area contributed by atoms with Crippen LogP contribution in [0.4, 0.5) is 13.2 Å². The first kappa shape index (κ1) is 13.9. The van der Waals surface area contributed by atoms with E-state index in [1.54, 1.807) is 6.07 Å². The van der Waals surface area contributed by atoms with E-state index in [0.29, 0.717) is 9.58 Å². The maximum atomic E-state index is 12.9. The highest BCUT2D eigenvalue weighted by Crippen LogP contribution is 2.41. The molecule has 0 amide bonds. The van der Waals surface area contributed by atoms with Gasteiger partial charge in [0.25, 0.3) is 0 Å². The number of thiophene rings is 1. The van der Waals surface area contributed by atoms with E-state index in [0.717, 1.165) is 17.4 Å². The van der Waals surface area contributed by atoms with E-state index in [9.17, 15) is 18.0 Å². The summed E-state index contributed by atoms with van der Waals surface area (Å²) in [4.78, 5) is 11.6. The van der Waals surface area contributed by atoms with Crippen LogP contribution in [-0.2, 0) is 16.4 Å². The van der Waals surface area contributed by atoms with Gasteiger partial charge in [0.1, 0.15) is 0 Å². The summed E-state index contributed by atoms with van der Waals surface area (Å²) in [7, 11) is 0. The van der Waals surface area contributed by atoms with Crippen molar-refractivity contribution in [3.05, 3.63) is 34.7 Å². The van der Waals surface area contributed by atoms with Gasteiger partial charge in [-0.05, 0) is 32.0 Å². The van der Waals surface area contributed by atoms with Crippen molar-refractivity contribution in [1.82, 2.24) is 0 Å². The standard InChI is InChI=1S/C13H11F3O2S/c1-12(2,11(17)18)10-6-7-8(13(14,15)16)4-3-5-9(7)19-10/h3-6H,1-2H3,(H,17,18). The second-order valence-corrected chi connectivity index (χ2v) is 5.84. The molecule has 1 aromatic carbocycles. The number of hydrogen-bond acceptors (Lipinski definition) is 2. The highest BCUT2D eigenvalue weighted by Gasteiger charge is 2.35. The zero-order valence-corrected chi connectivity index (χ0v) is 11.0. The van der Waals surface area contributed by atoms with Crippen molar-refractivity contribution in [3.63, 3.8) is 0 Å². The van der Waals surface area contributed by atoms with E-state index < -0.39 is 23.1 Å². The Bertz CT molecular complexity index is 641. The predicted molar refractivity (Wildman–Crippen MR) is 67.5 cm³/mol. The number of carboxylic acid groups (broad SMARTS) is 1. The molecule has 0 atom stereocenters. The van der Waals surface area contributed by atoms with E-state index in [-0.39, 0.29) is 5.39 Å². The largest absolute Gasteiger partial charge is 0.481 e. The van der Waals surface area contributed by atoms with Crippen molar-refractivity contribution in [2.45, 2.75) is 25.4 Å². The minimum absolute atomic E-state index is 0.0596. The third-order valence-electron chi connectivity index (χ3n) is 3.02. The number of rotatable bonds is 2. The Labute approximate surface area is 111 Å². The van der Waals surface area contributed by atoms with Crippen LogP contribution in [0.25, 0.3) is 10.1 Å². The summed E-state index contributed by atoms with van der Waals surface area (Å²) in [5.41, 5.74) is -1.93. The van der Waals surface area contributed by atoms with Gasteiger partial charge in [0.15, 0.2) is 0 Å². The van der Waals surface area contributed by atoms with E-state index >= 15 is 0 Å². The molecule has 2 aromatic rings. The molecule has 0 spiro atoms. The summed E-state index contributed by atoms with van der Waals surface area (Å²) < 4.78 is 39.1. The highest BCUT2D eigenvalue weighted by atomic mass is 32.1. The van der Waals surface area contributed by atoms with Crippen LogP contribution in [0.2, 0.25) is 0 Å². The SMILES string of the molecule is CC(C)(C(=O)O)c1cc2c(C(F)(F)F)cccc2s1. The molecule has 2 nitrogen and oxygen atoms in total. The number of aliphatic carboxylic acids is 1. The average molecular weight is 288 g/mol. The van der Waals surface area contributed by atoms with Gasteiger partial charge in [-0.25, -0.2) is 0 Å². The second kappa shape index (κ2) is 4.23. The monoisotopic (exact) mass is 288 g/mol. The van der Waals surface area contributed by atoms with Crippen LogP contribution in [0.1, 0.15) is 24.3 Å². The van der Waals surface area contributed by atoms with Crippen LogP contribution in [0.5, 0.6) is 0 Å². The molecule has 1 aromatic heterocycles. The number of alkyl halides is 3. The molecule has 1 heterocycles. The number of carbonyl (C=O) groups is 1.